The SMILES string of the molecule is O=C(O)CC1=C/C(=C\c2ccc3c(c2)Cc2ccccc2-3)c2ccc(F)cc21. The average Bonchev–Trinajstić information content (AvgIpc) is 3.19. The van der Waals surface area contributed by atoms with Gasteiger partial charge in [0, 0.05) is 0 Å². The summed E-state index contributed by atoms with van der Waals surface area (Å²) in [5, 5.41) is 9.18. The highest BCUT2D eigenvalue weighted by Gasteiger charge is 2.22. The first kappa shape index (κ1) is 16.7. The molecule has 3 heteroatoms. The van der Waals surface area contributed by atoms with Gasteiger partial charge in [0.1, 0.15) is 5.82 Å². The number of hydrogen-bond acceptors (Lipinski definition) is 1. The molecule has 0 bridgehead atoms. The van der Waals surface area contributed by atoms with Crippen LogP contribution in [0.3, 0.4) is 0 Å². The van der Waals surface area contributed by atoms with E-state index >= 15 is 0 Å². The summed E-state index contributed by atoms with van der Waals surface area (Å²) in [5.41, 5.74) is 9.36. The molecule has 28 heavy (non-hydrogen) atoms. The maximum Gasteiger partial charge on any atom is 0.307 e. The molecular formula is C25H17FO2. The van der Waals surface area contributed by atoms with Gasteiger partial charge in [0.15, 0.2) is 0 Å². The van der Waals surface area contributed by atoms with E-state index < -0.39 is 5.97 Å². The van der Waals surface area contributed by atoms with Crippen LogP contribution < -0.4 is 0 Å². The minimum Gasteiger partial charge on any atom is -0.481 e. The van der Waals surface area contributed by atoms with Crippen LogP contribution >= 0.6 is 0 Å². The minimum atomic E-state index is -0.919. The number of carboxylic acid groups (broad SMARTS) is 1. The summed E-state index contributed by atoms with van der Waals surface area (Å²) in [4.78, 5) is 11.2. The lowest BCUT2D eigenvalue weighted by atomic mass is 9.99. The Morgan fingerprint density at radius 2 is 1.71 bits per heavy atom. The zero-order valence-electron chi connectivity index (χ0n) is 15.1. The third-order valence-corrected chi connectivity index (χ3v) is 5.45. The van der Waals surface area contributed by atoms with E-state index in [0.717, 1.165) is 23.1 Å². The van der Waals surface area contributed by atoms with Crippen molar-refractivity contribution in [3.63, 3.8) is 0 Å². The van der Waals surface area contributed by atoms with Crippen LogP contribution in [0.1, 0.15) is 34.2 Å². The van der Waals surface area contributed by atoms with Crippen molar-refractivity contribution in [1.82, 2.24) is 0 Å². The molecule has 136 valence electrons. The van der Waals surface area contributed by atoms with Crippen molar-refractivity contribution in [3.05, 3.63) is 100 Å². The highest BCUT2D eigenvalue weighted by atomic mass is 19.1. The predicted octanol–water partition coefficient (Wildman–Crippen LogP) is 5.81. The third kappa shape index (κ3) is 2.76. The minimum absolute atomic E-state index is 0.118. The fourth-order valence-electron chi connectivity index (χ4n) is 4.24. The first-order valence-electron chi connectivity index (χ1n) is 9.24. The number of halogens is 1. The Morgan fingerprint density at radius 1 is 0.929 bits per heavy atom. The van der Waals surface area contributed by atoms with Crippen molar-refractivity contribution in [1.29, 1.82) is 0 Å². The van der Waals surface area contributed by atoms with Gasteiger partial charge in [-0.15, -0.1) is 0 Å². The van der Waals surface area contributed by atoms with Crippen LogP contribution in [-0.4, -0.2) is 11.1 Å². The number of carboxylic acids is 1. The predicted molar refractivity (Wildman–Crippen MR) is 109 cm³/mol. The molecule has 0 spiro atoms. The van der Waals surface area contributed by atoms with Crippen molar-refractivity contribution < 1.29 is 14.3 Å². The first-order valence-corrected chi connectivity index (χ1v) is 9.24. The van der Waals surface area contributed by atoms with Gasteiger partial charge in [0.25, 0.3) is 0 Å². The Labute approximate surface area is 162 Å². The van der Waals surface area contributed by atoms with Crippen molar-refractivity contribution in [2.45, 2.75) is 12.8 Å². The molecule has 0 aliphatic heterocycles. The largest absolute Gasteiger partial charge is 0.481 e. The van der Waals surface area contributed by atoms with Gasteiger partial charge in [0.2, 0.25) is 0 Å². The molecule has 0 atom stereocenters. The molecule has 0 saturated carbocycles. The van der Waals surface area contributed by atoms with E-state index in [2.05, 4.69) is 48.5 Å². The number of benzene rings is 3. The molecule has 5 rings (SSSR count). The van der Waals surface area contributed by atoms with Gasteiger partial charge in [-0.3, -0.25) is 4.79 Å². The molecule has 0 saturated heterocycles. The lowest BCUT2D eigenvalue weighted by molar-refractivity contribution is -0.135. The number of aliphatic carboxylic acids is 1. The summed E-state index contributed by atoms with van der Waals surface area (Å²) in [5.74, 6) is -1.27. The van der Waals surface area contributed by atoms with E-state index in [9.17, 15) is 14.3 Å². The maximum absolute atomic E-state index is 13.7. The standard InChI is InChI=1S/C25H17FO2/c26-20-6-8-23-18(12-19(13-25(27)28)24(23)14-20)10-15-5-7-22-17(9-15)11-16-3-1-2-4-21(16)22/h1-10,12,14H,11,13H2,(H,27,28)/b18-10+. The first-order chi connectivity index (χ1) is 13.6. The quantitative estimate of drug-likeness (QED) is 0.495. The van der Waals surface area contributed by atoms with Gasteiger partial charge in [0.05, 0.1) is 6.42 Å². The van der Waals surface area contributed by atoms with E-state index in [1.165, 1.54) is 34.4 Å². The Hall–Kier alpha value is -3.46. The zero-order valence-corrected chi connectivity index (χ0v) is 15.1. The number of rotatable bonds is 3. The second kappa shape index (κ2) is 6.31. The van der Waals surface area contributed by atoms with Crippen LogP contribution in [0.4, 0.5) is 4.39 Å². The Morgan fingerprint density at radius 3 is 2.57 bits per heavy atom. The molecule has 3 aromatic carbocycles. The van der Waals surface area contributed by atoms with Gasteiger partial charge in [-0.1, -0.05) is 48.5 Å². The van der Waals surface area contributed by atoms with Gasteiger partial charge in [-0.25, -0.2) is 4.39 Å². The van der Waals surface area contributed by atoms with E-state index in [-0.39, 0.29) is 12.2 Å². The van der Waals surface area contributed by atoms with Gasteiger partial charge < -0.3 is 5.11 Å². The van der Waals surface area contributed by atoms with Crippen LogP contribution in [0.15, 0.2) is 66.7 Å². The summed E-state index contributed by atoms with van der Waals surface area (Å²) in [6.45, 7) is 0. The molecule has 0 unspecified atom stereocenters. The molecule has 0 fully saturated rings. The molecule has 0 aromatic heterocycles. The van der Waals surface area contributed by atoms with E-state index in [4.69, 9.17) is 0 Å². The average molecular weight is 368 g/mol. The van der Waals surface area contributed by atoms with Gasteiger partial charge >= 0.3 is 5.97 Å². The number of hydrogen-bond donors (Lipinski definition) is 1. The molecule has 0 amide bonds. The molecule has 1 N–H and O–H groups in total. The maximum atomic E-state index is 13.7. The van der Waals surface area contributed by atoms with Crippen LogP contribution in [0.25, 0.3) is 28.3 Å². The molecule has 0 radical (unpaired) electrons. The second-order valence-corrected chi connectivity index (χ2v) is 7.28. The number of allylic oxidation sites excluding steroid dienone is 2. The highest BCUT2D eigenvalue weighted by molar-refractivity contribution is 6.04. The molecule has 2 nitrogen and oxygen atoms in total. The third-order valence-electron chi connectivity index (χ3n) is 5.45. The number of carbonyl (C=O) groups is 1. The van der Waals surface area contributed by atoms with Crippen LogP contribution in [0.5, 0.6) is 0 Å². The summed E-state index contributed by atoms with van der Waals surface area (Å²) in [7, 11) is 0. The van der Waals surface area contributed by atoms with E-state index in [1.54, 1.807) is 6.07 Å². The van der Waals surface area contributed by atoms with Crippen LogP contribution in [-0.2, 0) is 11.2 Å². The van der Waals surface area contributed by atoms with E-state index in [0.29, 0.717) is 11.1 Å². The van der Waals surface area contributed by atoms with Crippen molar-refractivity contribution in [2.24, 2.45) is 0 Å². The lowest BCUT2D eigenvalue weighted by Crippen LogP contribution is -1.96. The number of fused-ring (bicyclic) bond motifs is 4. The van der Waals surface area contributed by atoms with Crippen LogP contribution in [0, 0.1) is 5.82 Å². The Kier molecular flexibility index (Phi) is 3.76. The lowest BCUT2D eigenvalue weighted by Gasteiger charge is -2.05. The van der Waals surface area contributed by atoms with E-state index in [1.807, 2.05) is 6.08 Å². The summed E-state index contributed by atoms with van der Waals surface area (Å²) >= 11 is 0. The molecule has 0 heterocycles. The molecule has 3 aromatic rings. The van der Waals surface area contributed by atoms with Gasteiger partial charge in [-0.05, 0) is 80.8 Å². The zero-order chi connectivity index (χ0) is 19.3. The Bertz CT molecular complexity index is 1200. The monoisotopic (exact) mass is 368 g/mol. The van der Waals surface area contributed by atoms with Gasteiger partial charge in [-0.2, -0.15) is 0 Å². The summed E-state index contributed by atoms with van der Waals surface area (Å²) < 4.78 is 13.7. The van der Waals surface area contributed by atoms with Crippen molar-refractivity contribution >= 4 is 23.2 Å². The van der Waals surface area contributed by atoms with Crippen molar-refractivity contribution in [2.75, 3.05) is 0 Å². The highest BCUT2D eigenvalue weighted by Crippen LogP contribution is 2.40. The molecule has 2 aliphatic rings. The fraction of sp³-hybridized carbons (Fsp3) is 0.0800. The summed E-state index contributed by atoms with van der Waals surface area (Å²) in [6, 6.07) is 19.4. The topological polar surface area (TPSA) is 37.3 Å². The molecular weight excluding hydrogens is 351 g/mol. The fourth-order valence-corrected chi connectivity index (χ4v) is 4.24. The normalized spacial score (nSPS) is 15.2. The van der Waals surface area contributed by atoms with Crippen LogP contribution in [0.2, 0.25) is 0 Å². The summed E-state index contributed by atoms with van der Waals surface area (Å²) in [6.07, 6.45) is 4.72. The second-order valence-electron chi connectivity index (χ2n) is 7.28. The smallest absolute Gasteiger partial charge is 0.307 e. The Balaban J connectivity index is 1.56. The van der Waals surface area contributed by atoms with Crippen molar-refractivity contribution in [3.8, 4) is 11.1 Å². The molecule has 2 aliphatic carbocycles.